The molecule has 0 heterocycles. The van der Waals surface area contributed by atoms with E-state index < -0.39 is 0 Å². The topological polar surface area (TPSA) is 17.1 Å². The van der Waals surface area contributed by atoms with Gasteiger partial charge in [0.25, 0.3) is 0 Å². The summed E-state index contributed by atoms with van der Waals surface area (Å²) in [5.41, 5.74) is 4.84. The van der Waals surface area contributed by atoms with Gasteiger partial charge in [-0.15, -0.1) is 0 Å². The normalized spacial score (nSPS) is 17.6. The van der Waals surface area contributed by atoms with Gasteiger partial charge in [0.15, 0.2) is 5.78 Å². The third kappa shape index (κ3) is 4.03. The summed E-state index contributed by atoms with van der Waals surface area (Å²) in [6.07, 6.45) is 8.63. The Labute approximate surface area is 145 Å². The fourth-order valence-electron chi connectivity index (χ4n) is 3.50. The lowest BCUT2D eigenvalue weighted by Gasteiger charge is -2.21. The average Bonchev–Trinajstić information content (AvgIpc) is 2.64. The summed E-state index contributed by atoms with van der Waals surface area (Å²) >= 11 is 0. The zero-order valence-electron chi connectivity index (χ0n) is 14.5. The van der Waals surface area contributed by atoms with Crippen LogP contribution in [-0.2, 0) is 4.79 Å². The molecule has 124 valence electrons. The van der Waals surface area contributed by atoms with Gasteiger partial charge in [-0.05, 0) is 47.6 Å². The van der Waals surface area contributed by atoms with Crippen LogP contribution in [0.25, 0.3) is 16.7 Å². The lowest BCUT2D eigenvalue weighted by molar-refractivity contribution is -0.118. The van der Waals surface area contributed by atoms with E-state index in [9.17, 15) is 4.79 Å². The van der Waals surface area contributed by atoms with E-state index in [1.807, 2.05) is 12.1 Å². The number of ketones is 1. The summed E-state index contributed by atoms with van der Waals surface area (Å²) in [6.45, 7) is 2.21. The van der Waals surface area contributed by atoms with Crippen molar-refractivity contribution in [2.75, 3.05) is 0 Å². The number of allylic oxidation sites excluding steroid dienone is 2. The van der Waals surface area contributed by atoms with Crippen molar-refractivity contribution < 1.29 is 4.79 Å². The van der Waals surface area contributed by atoms with E-state index in [0.717, 1.165) is 19.3 Å². The molecule has 0 spiro atoms. The first-order valence-corrected chi connectivity index (χ1v) is 9.18. The molecular weight excluding hydrogens is 292 g/mol. The Hall–Kier alpha value is -2.15. The van der Waals surface area contributed by atoms with Gasteiger partial charge in [0.1, 0.15) is 0 Å². The second-order valence-electron chi connectivity index (χ2n) is 6.75. The van der Waals surface area contributed by atoms with Crippen LogP contribution in [0.1, 0.15) is 51.0 Å². The van der Waals surface area contributed by atoms with Gasteiger partial charge >= 0.3 is 0 Å². The van der Waals surface area contributed by atoms with Crippen molar-refractivity contribution in [1.29, 1.82) is 0 Å². The van der Waals surface area contributed by atoms with Gasteiger partial charge < -0.3 is 0 Å². The Morgan fingerprint density at radius 1 is 0.875 bits per heavy atom. The Kier molecular flexibility index (Phi) is 5.63. The second-order valence-corrected chi connectivity index (χ2v) is 6.75. The predicted molar refractivity (Wildman–Crippen MR) is 102 cm³/mol. The maximum Gasteiger partial charge on any atom is 0.159 e. The smallest absolute Gasteiger partial charge is 0.159 e. The summed E-state index contributed by atoms with van der Waals surface area (Å²) in [6, 6.07) is 19.0. The highest BCUT2D eigenvalue weighted by molar-refractivity contribution is 6.00. The van der Waals surface area contributed by atoms with Crippen molar-refractivity contribution in [1.82, 2.24) is 0 Å². The molecule has 1 heteroatoms. The van der Waals surface area contributed by atoms with Gasteiger partial charge in [-0.3, -0.25) is 4.79 Å². The van der Waals surface area contributed by atoms with Gasteiger partial charge in [-0.2, -0.15) is 0 Å². The largest absolute Gasteiger partial charge is 0.295 e. The van der Waals surface area contributed by atoms with Crippen LogP contribution in [0.2, 0.25) is 0 Å². The Balaban J connectivity index is 1.69. The van der Waals surface area contributed by atoms with Gasteiger partial charge in [0.2, 0.25) is 0 Å². The van der Waals surface area contributed by atoms with E-state index in [1.54, 1.807) is 0 Å². The molecule has 0 fully saturated rings. The highest BCUT2D eigenvalue weighted by Gasteiger charge is 2.22. The molecule has 1 nitrogen and oxygen atoms in total. The minimum atomic E-state index is 0.254. The fourth-order valence-corrected chi connectivity index (χ4v) is 3.50. The molecule has 1 aliphatic carbocycles. The van der Waals surface area contributed by atoms with Crippen molar-refractivity contribution in [3.05, 3.63) is 66.2 Å². The van der Waals surface area contributed by atoms with Crippen LogP contribution in [0.5, 0.6) is 0 Å². The maximum absolute atomic E-state index is 12.4. The summed E-state index contributed by atoms with van der Waals surface area (Å²) in [5.74, 6) is 0.586. The van der Waals surface area contributed by atoms with Crippen LogP contribution in [0.15, 0.2) is 60.7 Å². The first-order valence-electron chi connectivity index (χ1n) is 9.18. The number of rotatable bonds is 6. The lowest BCUT2D eigenvalue weighted by atomic mass is 9.83. The van der Waals surface area contributed by atoms with Crippen molar-refractivity contribution in [3.8, 4) is 11.1 Å². The fraction of sp³-hybridized carbons (Fsp3) is 0.348. The minimum absolute atomic E-state index is 0.254. The Morgan fingerprint density at radius 2 is 1.54 bits per heavy atom. The molecule has 0 radical (unpaired) electrons. The standard InChI is InChI=1S/C23H26O/c1-2-3-5-10-21-15-16-22(17-23(21)24)20-13-11-19(12-14-20)18-8-6-4-7-9-18/h4,6-9,11-14,17,21H,2-3,5,10,15-16H2,1H3/t21-/m0/s1. The summed E-state index contributed by atoms with van der Waals surface area (Å²) in [7, 11) is 0. The number of hydrogen-bond donors (Lipinski definition) is 0. The Morgan fingerprint density at radius 3 is 2.21 bits per heavy atom. The first kappa shape index (κ1) is 16.7. The summed E-state index contributed by atoms with van der Waals surface area (Å²) < 4.78 is 0. The molecule has 2 aromatic carbocycles. The number of hydrogen-bond acceptors (Lipinski definition) is 1. The van der Waals surface area contributed by atoms with Crippen molar-refractivity contribution in [2.45, 2.75) is 45.4 Å². The second kappa shape index (κ2) is 8.10. The van der Waals surface area contributed by atoms with E-state index in [-0.39, 0.29) is 5.92 Å². The van der Waals surface area contributed by atoms with E-state index >= 15 is 0 Å². The molecule has 1 aliphatic rings. The number of unbranched alkanes of at least 4 members (excludes halogenated alkanes) is 2. The van der Waals surface area contributed by atoms with Crippen LogP contribution in [0.3, 0.4) is 0 Å². The van der Waals surface area contributed by atoms with E-state index in [0.29, 0.717) is 5.78 Å². The van der Waals surface area contributed by atoms with Gasteiger partial charge in [-0.25, -0.2) is 0 Å². The molecule has 24 heavy (non-hydrogen) atoms. The zero-order valence-corrected chi connectivity index (χ0v) is 14.5. The molecule has 2 aromatic rings. The monoisotopic (exact) mass is 318 g/mol. The minimum Gasteiger partial charge on any atom is -0.295 e. The van der Waals surface area contributed by atoms with Crippen LogP contribution in [0, 0.1) is 5.92 Å². The SMILES string of the molecule is CCCCC[C@H]1CCC(c2ccc(-c3ccccc3)cc2)=CC1=O. The molecule has 0 aliphatic heterocycles. The number of carbonyl (C=O) groups is 1. The molecule has 1 atom stereocenters. The van der Waals surface area contributed by atoms with E-state index in [2.05, 4.69) is 55.5 Å². The molecule has 0 N–H and O–H groups in total. The third-order valence-corrected chi connectivity index (χ3v) is 5.00. The highest BCUT2D eigenvalue weighted by atomic mass is 16.1. The van der Waals surface area contributed by atoms with Crippen molar-refractivity contribution >= 4 is 11.4 Å². The molecule has 0 aromatic heterocycles. The molecular formula is C23H26O. The van der Waals surface area contributed by atoms with Gasteiger partial charge in [0.05, 0.1) is 0 Å². The predicted octanol–water partition coefficient (Wildman–Crippen LogP) is 6.30. The lowest BCUT2D eigenvalue weighted by Crippen LogP contribution is -2.17. The van der Waals surface area contributed by atoms with Crippen molar-refractivity contribution in [2.24, 2.45) is 5.92 Å². The zero-order chi connectivity index (χ0) is 16.8. The molecule has 0 bridgehead atoms. The van der Waals surface area contributed by atoms with E-state index in [4.69, 9.17) is 0 Å². The van der Waals surface area contributed by atoms with Crippen LogP contribution >= 0.6 is 0 Å². The first-order chi connectivity index (χ1) is 11.8. The average molecular weight is 318 g/mol. The quantitative estimate of drug-likeness (QED) is 0.571. The number of benzene rings is 2. The molecule has 3 rings (SSSR count). The van der Waals surface area contributed by atoms with Crippen LogP contribution in [-0.4, -0.2) is 5.78 Å². The van der Waals surface area contributed by atoms with Crippen LogP contribution < -0.4 is 0 Å². The highest BCUT2D eigenvalue weighted by Crippen LogP contribution is 2.32. The molecule has 0 amide bonds. The van der Waals surface area contributed by atoms with Gasteiger partial charge in [-0.1, -0.05) is 80.8 Å². The molecule has 0 saturated carbocycles. The van der Waals surface area contributed by atoms with Crippen molar-refractivity contribution in [3.63, 3.8) is 0 Å². The third-order valence-electron chi connectivity index (χ3n) is 5.00. The van der Waals surface area contributed by atoms with Gasteiger partial charge in [0, 0.05) is 5.92 Å². The van der Waals surface area contributed by atoms with E-state index in [1.165, 1.54) is 41.5 Å². The maximum atomic E-state index is 12.4. The van der Waals surface area contributed by atoms with Crippen LogP contribution in [0.4, 0.5) is 0 Å². The molecule has 0 unspecified atom stereocenters. The number of carbonyl (C=O) groups excluding carboxylic acids is 1. The summed E-state index contributed by atoms with van der Waals surface area (Å²) in [4.78, 5) is 12.4. The molecule has 0 saturated heterocycles. The Bertz CT molecular complexity index is 695. The summed E-state index contributed by atoms with van der Waals surface area (Å²) in [5, 5.41) is 0.